The molecule has 0 bridgehead atoms. The van der Waals surface area contributed by atoms with Crippen LogP contribution in [-0.4, -0.2) is 11.1 Å². The van der Waals surface area contributed by atoms with Crippen LogP contribution in [0.15, 0.2) is 41.1 Å². The number of phenols is 1. The van der Waals surface area contributed by atoms with Crippen LogP contribution in [0.25, 0.3) is 0 Å². The van der Waals surface area contributed by atoms with Gasteiger partial charge in [-0.1, -0.05) is 25.1 Å². The Morgan fingerprint density at radius 3 is 2.68 bits per heavy atom. The van der Waals surface area contributed by atoms with E-state index in [1.165, 1.54) is 5.56 Å². The molecule has 2 N–H and O–H groups in total. The van der Waals surface area contributed by atoms with E-state index in [2.05, 4.69) is 36.0 Å². The Labute approximate surface area is 119 Å². The van der Waals surface area contributed by atoms with Crippen molar-refractivity contribution in [3.8, 4) is 5.75 Å². The van der Waals surface area contributed by atoms with Gasteiger partial charge >= 0.3 is 0 Å². The highest BCUT2D eigenvalue weighted by Crippen LogP contribution is 2.26. The van der Waals surface area contributed by atoms with E-state index in [9.17, 15) is 5.11 Å². The van der Waals surface area contributed by atoms with Crippen molar-refractivity contribution in [2.45, 2.75) is 38.8 Å². The lowest BCUT2D eigenvalue weighted by atomic mass is 10.0. The van der Waals surface area contributed by atoms with Gasteiger partial charge in [0.25, 0.3) is 0 Å². The van der Waals surface area contributed by atoms with Gasteiger partial charge in [0.2, 0.25) is 0 Å². The van der Waals surface area contributed by atoms with Gasteiger partial charge in [-0.25, -0.2) is 0 Å². The van der Waals surface area contributed by atoms with Crippen molar-refractivity contribution in [1.82, 2.24) is 5.32 Å². The van der Waals surface area contributed by atoms with Crippen molar-refractivity contribution in [3.05, 3.63) is 52.2 Å². The molecule has 1 aromatic heterocycles. The second-order valence-electron chi connectivity index (χ2n) is 4.92. The van der Waals surface area contributed by atoms with E-state index in [0.717, 1.165) is 18.4 Å². The monoisotopic (exact) mass is 275 g/mol. The van der Waals surface area contributed by atoms with Gasteiger partial charge in [0, 0.05) is 17.6 Å². The fraction of sp³-hybridized carbons (Fsp3) is 0.375. The zero-order chi connectivity index (χ0) is 13.7. The molecule has 19 heavy (non-hydrogen) atoms. The normalized spacial score (nSPS) is 14.2. The molecule has 0 spiro atoms. The van der Waals surface area contributed by atoms with E-state index in [-0.39, 0.29) is 6.04 Å². The van der Waals surface area contributed by atoms with E-state index in [1.54, 1.807) is 17.4 Å². The molecule has 102 valence electrons. The van der Waals surface area contributed by atoms with Crippen LogP contribution in [0.4, 0.5) is 0 Å². The number of thiophene rings is 1. The van der Waals surface area contributed by atoms with Crippen molar-refractivity contribution in [2.24, 2.45) is 0 Å². The van der Waals surface area contributed by atoms with Crippen molar-refractivity contribution in [2.75, 3.05) is 0 Å². The van der Waals surface area contributed by atoms with Gasteiger partial charge in [-0.3, -0.25) is 0 Å². The van der Waals surface area contributed by atoms with Crippen LogP contribution >= 0.6 is 11.3 Å². The topological polar surface area (TPSA) is 32.3 Å². The Hall–Kier alpha value is -1.32. The minimum Gasteiger partial charge on any atom is -0.508 e. The molecule has 1 heterocycles. The Morgan fingerprint density at radius 1 is 1.26 bits per heavy atom. The minimum atomic E-state index is 0.204. The fourth-order valence-corrected chi connectivity index (χ4v) is 3.06. The largest absolute Gasteiger partial charge is 0.508 e. The molecular formula is C16H21NOS. The van der Waals surface area contributed by atoms with Crippen molar-refractivity contribution < 1.29 is 5.11 Å². The molecule has 0 fully saturated rings. The second-order valence-corrected chi connectivity index (χ2v) is 5.70. The van der Waals surface area contributed by atoms with Crippen LogP contribution in [0.2, 0.25) is 0 Å². The lowest BCUT2D eigenvalue weighted by Crippen LogP contribution is -2.31. The summed E-state index contributed by atoms with van der Waals surface area (Å²) < 4.78 is 0. The maximum Gasteiger partial charge on any atom is 0.120 e. The molecule has 2 atom stereocenters. The molecule has 0 saturated carbocycles. The number of para-hydroxylation sites is 1. The zero-order valence-electron chi connectivity index (χ0n) is 11.5. The number of hydrogen-bond donors (Lipinski definition) is 2. The van der Waals surface area contributed by atoms with E-state index in [4.69, 9.17) is 0 Å². The van der Waals surface area contributed by atoms with Gasteiger partial charge < -0.3 is 10.4 Å². The van der Waals surface area contributed by atoms with E-state index < -0.39 is 0 Å². The lowest BCUT2D eigenvalue weighted by Gasteiger charge is -2.23. The standard InChI is InChI=1S/C16H21NOS/c1-3-15(14-6-4-5-7-16(14)18)17-12(2)10-13-8-9-19-11-13/h4-9,11-12,15,17-18H,3,10H2,1-2H3. The predicted molar refractivity (Wildman–Crippen MR) is 81.8 cm³/mol. The van der Waals surface area contributed by atoms with Gasteiger partial charge in [-0.2, -0.15) is 11.3 Å². The number of benzene rings is 1. The van der Waals surface area contributed by atoms with Gasteiger partial charge in [0.15, 0.2) is 0 Å². The number of phenolic OH excluding ortho intramolecular Hbond substituents is 1. The molecule has 0 saturated heterocycles. The molecule has 2 rings (SSSR count). The Kier molecular flexibility index (Phi) is 5.00. The van der Waals surface area contributed by atoms with Gasteiger partial charge in [-0.05, 0) is 48.2 Å². The fourth-order valence-electron chi connectivity index (χ4n) is 2.37. The molecule has 0 aliphatic carbocycles. The highest BCUT2D eigenvalue weighted by molar-refractivity contribution is 7.07. The smallest absolute Gasteiger partial charge is 0.120 e. The first-order valence-corrected chi connectivity index (χ1v) is 7.70. The summed E-state index contributed by atoms with van der Waals surface area (Å²) in [7, 11) is 0. The lowest BCUT2D eigenvalue weighted by molar-refractivity contribution is 0.413. The third-order valence-corrected chi connectivity index (χ3v) is 4.06. The van der Waals surface area contributed by atoms with E-state index in [1.807, 2.05) is 18.2 Å². The van der Waals surface area contributed by atoms with Crippen LogP contribution in [0.1, 0.15) is 37.4 Å². The summed E-state index contributed by atoms with van der Waals surface area (Å²) in [4.78, 5) is 0. The molecule has 0 aliphatic rings. The molecule has 0 radical (unpaired) electrons. The first-order chi connectivity index (χ1) is 9.20. The molecule has 0 aliphatic heterocycles. The van der Waals surface area contributed by atoms with Crippen LogP contribution < -0.4 is 5.32 Å². The summed E-state index contributed by atoms with van der Waals surface area (Å²) in [5, 5.41) is 17.9. The average Bonchev–Trinajstić information content (AvgIpc) is 2.89. The number of hydrogen-bond acceptors (Lipinski definition) is 3. The summed E-state index contributed by atoms with van der Waals surface area (Å²) in [6, 6.07) is 10.3. The summed E-state index contributed by atoms with van der Waals surface area (Å²) in [5.74, 6) is 0.379. The maximum absolute atomic E-state index is 9.94. The van der Waals surface area contributed by atoms with Crippen molar-refractivity contribution >= 4 is 11.3 Å². The molecule has 2 nitrogen and oxygen atoms in total. The van der Waals surface area contributed by atoms with Crippen LogP contribution in [0.5, 0.6) is 5.75 Å². The minimum absolute atomic E-state index is 0.204. The zero-order valence-corrected chi connectivity index (χ0v) is 12.3. The Bertz CT molecular complexity index is 495. The SMILES string of the molecule is CCC(NC(C)Cc1ccsc1)c1ccccc1O. The third kappa shape index (κ3) is 3.82. The maximum atomic E-state index is 9.94. The highest BCUT2D eigenvalue weighted by Gasteiger charge is 2.15. The molecular weight excluding hydrogens is 254 g/mol. The van der Waals surface area contributed by atoms with Gasteiger partial charge in [0.05, 0.1) is 0 Å². The van der Waals surface area contributed by atoms with E-state index >= 15 is 0 Å². The summed E-state index contributed by atoms with van der Waals surface area (Å²) in [5.41, 5.74) is 2.36. The molecule has 0 amide bonds. The van der Waals surface area contributed by atoms with Gasteiger partial charge in [-0.15, -0.1) is 0 Å². The summed E-state index contributed by atoms with van der Waals surface area (Å²) in [6.45, 7) is 4.34. The number of nitrogens with one attached hydrogen (secondary N) is 1. The number of aromatic hydroxyl groups is 1. The highest BCUT2D eigenvalue weighted by atomic mass is 32.1. The first kappa shape index (κ1) is 14.1. The van der Waals surface area contributed by atoms with Crippen molar-refractivity contribution in [3.63, 3.8) is 0 Å². The van der Waals surface area contributed by atoms with E-state index in [0.29, 0.717) is 11.8 Å². The second kappa shape index (κ2) is 6.73. The average molecular weight is 275 g/mol. The Morgan fingerprint density at radius 2 is 2.05 bits per heavy atom. The summed E-state index contributed by atoms with van der Waals surface area (Å²) in [6.07, 6.45) is 1.99. The molecule has 1 aromatic carbocycles. The first-order valence-electron chi connectivity index (χ1n) is 6.75. The molecule has 2 unspecified atom stereocenters. The third-order valence-electron chi connectivity index (χ3n) is 3.33. The quantitative estimate of drug-likeness (QED) is 0.831. The van der Waals surface area contributed by atoms with Crippen LogP contribution in [-0.2, 0) is 6.42 Å². The molecule has 2 aromatic rings. The predicted octanol–water partition coefficient (Wildman–Crippen LogP) is 4.13. The van der Waals surface area contributed by atoms with Gasteiger partial charge in [0.1, 0.15) is 5.75 Å². The number of rotatable bonds is 6. The summed E-state index contributed by atoms with van der Waals surface area (Å²) >= 11 is 1.74. The van der Waals surface area contributed by atoms with Crippen LogP contribution in [0.3, 0.4) is 0 Å². The van der Waals surface area contributed by atoms with Crippen LogP contribution in [0, 0.1) is 0 Å². The Balaban J connectivity index is 2.01. The van der Waals surface area contributed by atoms with Crippen molar-refractivity contribution in [1.29, 1.82) is 0 Å². The molecule has 3 heteroatoms.